The molecule has 0 saturated carbocycles. The monoisotopic (exact) mass is 393 g/mol. The SMILES string of the molecule is COc1ccc2cc(COC(=O)Cc3nc(-c4cccs4)oc3C)ccc2c1. The third kappa shape index (κ3) is 3.92. The van der Waals surface area contributed by atoms with Crippen molar-refractivity contribution in [3.63, 3.8) is 0 Å². The molecule has 0 unspecified atom stereocenters. The minimum Gasteiger partial charge on any atom is -0.497 e. The van der Waals surface area contributed by atoms with Crippen LogP contribution in [-0.4, -0.2) is 18.1 Å². The number of aryl methyl sites for hydroxylation is 1. The maximum absolute atomic E-state index is 12.3. The molecule has 2 aromatic carbocycles. The van der Waals surface area contributed by atoms with Gasteiger partial charge < -0.3 is 13.9 Å². The zero-order valence-electron chi connectivity index (χ0n) is 15.6. The van der Waals surface area contributed by atoms with Crippen molar-refractivity contribution in [1.82, 2.24) is 4.98 Å². The molecule has 28 heavy (non-hydrogen) atoms. The van der Waals surface area contributed by atoms with Crippen LogP contribution in [0.25, 0.3) is 21.5 Å². The van der Waals surface area contributed by atoms with E-state index in [1.165, 1.54) is 0 Å². The van der Waals surface area contributed by atoms with Gasteiger partial charge in [0, 0.05) is 0 Å². The molecule has 0 saturated heterocycles. The van der Waals surface area contributed by atoms with Crippen molar-refractivity contribution in [2.75, 3.05) is 7.11 Å². The van der Waals surface area contributed by atoms with Crippen LogP contribution in [-0.2, 0) is 22.6 Å². The number of nitrogens with zero attached hydrogens (tertiary/aromatic N) is 1. The quantitative estimate of drug-likeness (QED) is 0.424. The van der Waals surface area contributed by atoms with Gasteiger partial charge >= 0.3 is 5.97 Å². The van der Waals surface area contributed by atoms with Gasteiger partial charge in [0.05, 0.1) is 24.1 Å². The summed E-state index contributed by atoms with van der Waals surface area (Å²) in [6, 6.07) is 15.7. The summed E-state index contributed by atoms with van der Waals surface area (Å²) in [7, 11) is 1.65. The number of oxazole rings is 1. The third-order valence-electron chi connectivity index (χ3n) is 4.45. The average Bonchev–Trinajstić information content (AvgIpc) is 3.36. The van der Waals surface area contributed by atoms with E-state index >= 15 is 0 Å². The molecule has 4 aromatic rings. The molecular weight excluding hydrogens is 374 g/mol. The van der Waals surface area contributed by atoms with Gasteiger partial charge in [-0.05, 0) is 52.9 Å². The Morgan fingerprint density at radius 1 is 1.14 bits per heavy atom. The number of carbonyl (C=O) groups excluding carboxylic acids is 1. The first-order chi connectivity index (χ1) is 13.6. The minimum absolute atomic E-state index is 0.0888. The number of carbonyl (C=O) groups is 1. The predicted octanol–water partition coefficient (Wildman–Crippen LogP) is 5.16. The van der Waals surface area contributed by atoms with E-state index in [4.69, 9.17) is 13.9 Å². The van der Waals surface area contributed by atoms with Gasteiger partial charge in [0.2, 0.25) is 5.89 Å². The van der Waals surface area contributed by atoms with E-state index < -0.39 is 0 Å². The lowest BCUT2D eigenvalue weighted by molar-refractivity contribution is -0.144. The topological polar surface area (TPSA) is 61.6 Å². The number of thiophene rings is 1. The highest BCUT2D eigenvalue weighted by Gasteiger charge is 2.16. The van der Waals surface area contributed by atoms with Crippen LogP contribution in [0.3, 0.4) is 0 Å². The summed E-state index contributed by atoms with van der Waals surface area (Å²) in [6.45, 7) is 2.03. The summed E-state index contributed by atoms with van der Waals surface area (Å²) in [5.74, 6) is 1.67. The van der Waals surface area contributed by atoms with Crippen LogP contribution >= 0.6 is 11.3 Å². The van der Waals surface area contributed by atoms with Crippen molar-refractivity contribution in [2.24, 2.45) is 0 Å². The fourth-order valence-electron chi connectivity index (χ4n) is 2.94. The first-order valence-corrected chi connectivity index (χ1v) is 9.73. The molecule has 0 atom stereocenters. The van der Waals surface area contributed by atoms with Crippen LogP contribution in [0, 0.1) is 6.92 Å². The van der Waals surface area contributed by atoms with Gasteiger partial charge in [0.15, 0.2) is 0 Å². The number of esters is 1. The highest BCUT2D eigenvalue weighted by atomic mass is 32.1. The fraction of sp³-hybridized carbons (Fsp3) is 0.182. The number of hydrogen-bond acceptors (Lipinski definition) is 6. The van der Waals surface area contributed by atoms with Crippen molar-refractivity contribution in [2.45, 2.75) is 20.0 Å². The second kappa shape index (κ2) is 7.86. The zero-order chi connectivity index (χ0) is 19.5. The van der Waals surface area contributed by atoms with Crippen molar-refractivity contribution in [3.05, 3.63) is 70.9 Å². The molecule has 142 valence electrons. The van der Waals surface area contributed by atoms with Gasteiger partial charge in [-0.25, -0.2) is 4.98 Å². The van der Waals surface area contributed by atoms with Gasteiger partial charge in [0.1, 0.15) is 18.1 Å². The Labute approximate surface area is 166 Å². The van der Waals surface area contributed by atoms with E-state index in [0.717, 1.165) is 27.0 Å². The molecular formula is C22H19NO4S. The van der Waals surface area contributed by atoms with Gasteiger partial charge in [-0.3, -0.25) is 4.79 Å². The summed E-state index contributed by atoms with van der Waals surface area (Å²) >= 11 is 1.55. The molecule has 6 heteroatoms. The van der Waals surface area contributed by atoms with E-state index in [9.17, 15) is 4.79 Å². The lowest BCUT2D eigenvalue weighted by Crippen LogP contribution is -2.09. The third-order valence-corrected chi connectivity index (χ3v) is 5.31. The molecule has 0 amide bonds. The molecule has 2 heterocycles. The van der Waals surface area contributed by atoms with Crippen LogP contribution in [0.1, 0.15) is 17.0 Å². The molecule has 0 bridgehead atoms. The van der Waals surface area contributed by atoms with Crippen LogP contribution < -0.4 is 4.74 Å². The first kappa shape index (κ1) is 18.3. The Hall–Kier alpha value is -3.12. The number of benzene rings is 2. The van der Waals surface area contributed by atoms with Crippen molar-refractivity contribution < 1.29 is 18.7 Å². The number of ether oxygens (including phenoxy) is 2. The summed E-state index contributed by atoms with van der Waals surface area (Å²) in [6.07, 6.45) is 0.0888. The number of rotatable bonds is 6. The van der Waals surface area contributed by atoms with Crippen molar-refractivity contribution in [3.8, 4) is 16.5 Å². The van der Waals surface area contributed by atoms with Crippen molar-refractivity contribution >= 4 is 28.1 Å². The second-order valence-electron chi connectivity index (χ2n) is 6.38. The van der Waals surface area contributed by atoms with Crippen molar-refractivity contribution in [1.29, 1.82) is 0 Å². The Morgan fingerprint density at radius 2 is 1.96 bits per heavy atom. The molecule has 0 fully saturated rings. The highest BCUT2D eigenvalue weighted by molar-refractivity contribution is 7.13. The maximum atomic E-state index is 12.3. The molecule has 5 nitrogen and oxygen atoms in total. The van der Waals surface area contributed by atoms with Gasteiger partial charge in [-0.2, -0.15) is 0 Å². The Balaban J connectivity index is 1.40. The Bertz CT molecular complexity index is 1110. The molecule has 0 aliphatic heterocycles. The second-order valence-corrected chi connectivity index (χ2v) is 7.33. The van der Waals surface area contributed by atoms with Crippen LogP contribution in [0.15, 0.2) is 58.3 Å². The largest absolute Gasteiger partial charge is 0.497 e. The number of aromatic nitrogens is 1. The number of methoxy groups -OCH3 is 1. The molecule has 0 aliphatic rings. The Morgan fingerprint density at radius 3 is 2.75 bits per heavy atom. The molecule has 0 N–H and O–H groups in total. The van der Waals surface area contributed by atoms with Crippen LogP contribution in [0.5, 0.6) is 5.75 Å². The minimum atomic E-state index is -0.330. The lowest BCUT2D eigenvalue weighted by atomic mass is 10.1. The van der Waals surface area contributed by atoms with Crippen LogP contribution in [0.2, 0.25) is 0 Å². The predicted molar refractivity (Wildman–Crippen MR) is 109 cm³/mol. The van der Waals surface area contributed by atoms with E-state index in [0.29, 0.717) is 17.3 Å². The average molecular weight is 393 g/mol. The first-order valence-electron chi connectivity index (χ1n) is 8.85. The lowest BCUT2D eigenvalue weighted by Gasteiger charge is -2.07. The fourth-order valence-corrected chi connectivity index (χ4v) is 3.59. The Kier molecular flexibility index (Phi) is 5.12. The smallest absolute Gasteiger partial charge is 0.312 e. The summed E-state index contributed by atoms with van der Waals surface area (Å²) in [5, 5.41) is 4.11. The van der Waals surface area contributed by atoms with Gasteiger partial charge in [0.25, 0.3) is 0 Å². The van der Waals surface area contributed by atoms with E-state index in [-0.39, 0.29) is 19.0 Å². The molecule has 0 aliphatic carbocycles. The van der Waals surface area contributed by atoms with E-state index in [2.05, 4.69) is 4.98 Å². The molecule has 2 aromatic heterocycles. The zero-order valence-corrected chi connectivity index (χ0v) is 16.4. The molecule has 4 rings (SSSR count). The standard InChI is InChI=1S/C22H19NO4S/c1-14-19(23-22(27-14)20-4-3-9-28-20)12-21(24)26-13-15-5-6-17-11-18(25-2)8-7-16(17)10-15/h3-11H,12-13H2,1-2H3. The van der Waals surface area contributed by atoms with Gasteiger partial charge in [-0.15, -0.1) is 11.3 Å². The molecule has 0 spiro atoms. The summed E-state index contributed by atoms with van der Waals surface area (Å²) in [5.41, 5.74) is 1.54. The van der Waals surface area contributed by atoms with E-state index in [1.807, 2.05) is 60.8 Å². The van der Waals surface area contributed by atoms with Gasteiger partial charge in [-0.1, -0.05) is 24.3 Å². The maximum Gasteiger partial charge on any atom is 0.312 e. The summed E-state index contributed by atoms with van der Waals surface area (Å²) < 4.78 is 16.3. The highest BCUT2D eigenvalue weighted by Crippen LogP contribution is 2.26. The molecule has 0 radical (unpaired) electrons. The summed E-state index contributed by atoms with van der Waals surface area (Å²) in [4.78, 5) is 17.6. The normalized spacial score (nSPS) is 10.9. The van der Waals surface area contributed by atoms with Crippen LogP contribution in [0.4, 0.5) is 0 Å². The van der Waals surface area contributed by atoms with E-state index in [1.54, 1.807) is 18.4 Å². The number of hydrogen-bond donors (Lipinski definition) is 0. The number of fused-ring (bicyclic) bond motifs is 1.